The normalized spacial score (nSPS) is 9.43. The van der Waals surface area contributed by atoms with E-state index in [1.807, 2.05) is 0 Å². The van der Waals surface area contributed by atoms with E-state index < -0.39 is 46.5 Å². The smallest absolute Gasteiger partial charge is 0.299 e. The third-order valence-corrected chi connectivity index (χ3v) is 7.90. The first kappa shape index (κ1) is 59.1. The van der Waals surface area contributed by atoms with Crippen molar-refractivity contribution in [2.24, 2.45) is 0 Å². The van der Waals surface area contributed by atoms with Gasteiger partial charge >= 0.3 is 0 Å². The molecule has 4 aromatic carbocycles. The maximum atomic E-state index is 10.8. The number of benzene rings is 4. The monoisotopic (exact) mass is 1020 g/mol. The van der Waals surface area contributed by atoms with Crippen LogP contribution in [0.15, 0.2) is 72.8 Å². The van der Waals surface area contributed by atoms with Crippen LogP contribution in [0, 0.1) is 113 Å². The topological polar surface area (TPSA) is 399 Å². The summed E-state index contributed by atoms with van der Waals surface area (Å²) >= 11 is 3.01. The highest BCUT2D eigenvalue weighted by Crippen LogP contribution is 2.31. The van der Waals surface area contributed by atoms with Crippen LogP contribution in [0.3, 0.4) is 0 Å². The van der Waals surface area contributed by atoms with Crippen molar-refractivity contribution in [3.05, 3.63) is 165 Å². The van der Waals surface area contributed by atoms with E-state index in [0.29, 0.717) is 11.9 Å². The lowest BCUT2D eigenvalue weighted by Crippen LogP contribution is -2.10. The molecular weight excluding hydrogens is 983 g/mol. The molecule has 0 aliphatic heterocycles. The summed E-state index contributed by atoms with van der Waals surface area (Å²) in [6, 6.07) is 14.3. The lowest BCUT2D eigenvalue weighted by molar-refractivity contribution is -0.395. The molecule has 0 aromatic heterocycles. The summed E-state index contributed by atoms with van der Waals surface area (Å²) in [5.74, 6) is 4.63. The third-order valence-electron chi connectivity index (χ3n) is 7.57. The lowest BCUT2D eigenvalue weighted by Gasteiger charge is -2.06. The Morgan fingerprint density at radius 1 is 0.632 bits per heavy atom. The maximum absolute atomic E-state index is 10.8. The minimum Gasteiger partial charge on any atom is -0.395 e. The number of halogens is 2. The molecule has 0 amide bonds. The van der Waals surface area contributed by atoms with Gasteiger partial charge in [-0.2, -0.15) is 0 Å². The van der Waals surface area contributed by atoms with Crippen molar-refractivity contribution < 1.29 is 55.0 Å². The molecule has 0 saturated carbocycles. The number of anilines is 2. The van der Waals surface area contributed by atoms with Gasteiger partial charge in [0.25, 0.3) is 45.5 Å². The first-order valence-electron chi connectivity index (χ1n) is 18.9. The molecule has 0 bridgehead atoms. The number of nitro groups is 8. The largest absolute Gasteiger partial charge is 0.395 e. The van der Waals surface area contributed by atoms with Crippen LogP contribution in [0.4, 0.5) is 61.3 Å². The SMILES string of the molecule is C#CCBr.C#CCOCCNc1ccc([N+](=O)[O-])cc1[N+](=O)[O-].CCc1c([N+](=O)[O-])cccc1[N+](=O)[O-].Cc1c([N+](=O)[O-])cccc1[N+](=O)[O-].O=[N+]([O-])c1ccc(NCCO)c([N+](=O)[O-])c1.[2H]CF. The zero-order chi connectivity index (χ0) is 53.2. The number of hydrogen-bond acceptors (Lipinski definition) is 20. The summed E-state index contributed by atoms with van der Waals surface area (Å²) in [7, 11) is -1.00. The van der Waals surface area contributed by atoms with Gasteiger partial charge in [-0.15, -0.1) is 12.8 Å². The first-order chi connectivity index (χ1) is 32.6. The van der Waals surface area contributed by atoms with Crippen molar-refractivity contribution in [1.29, 1.82) is 0 Å². The molecule has 30 heteroatoms. The molecule has 0 saturated heterocycles. The summed E-state index contributed by atoms with van der Waals surface area (Å²) in [5, 5.41) is 98.8. The predicted molar refractivity (Wildman–Crippen MR) is 246 cm³/mol. The fraction of sp³-hybridized carbons (Fsp3) is 0.263. The van der Waals surface area contributed by atoms with Crippen LogP contribution in [0.2, 0.25) is 0 Å². The van der Waals surface area contributed by atoms with Gasteiger partial charge in [-0.1, -0.05) is 34.7 Å². The number of ether oxygens (including phenoxy) is 1. The lowest BCUT2D eigenvalue weighted by atomic mass is 10.1. The Morgan fingerprint density at radius 2 is 0.985 bits per heavy atom. The summed E-state index contributed by atoms with van der Waals surface area (Å²) in [5.41, 5.74) is -1.67. The van der Waals surface area contributed by atoms with Gasteiger partial charge in [0.1, 0.15) is 29.1 Å². The standard InChI is InChI=1S/C11H11N3O5.C8H9N3O5.C8H8N2O4.C7H6N2O4.C3H3Br.CH3F/c1-2-6-19-7-5-12-10-4-3-9(13(15)16)8-11(10)14(17)18;12-4-3-9-7-2-1-6(10(13)14)5-8(7)11(15)16;1-2-6-7(9(11)12)4-3-5-8(6)10(13)14;1-5-6(8(10)11)3-2-4-7(5)9(12)13;1-2-3-4;1-2/h1,3-4,8,12H,5-7H2;1-2,5,9,12H,3-4H2;3-5H,2H2,1H3;2-4H,1H3;1H,3H2;1H3/i;;;;;1D. The van der Waals surface area contributed by atoms with Crippen molar-refractivity contribution in [2.75, 3.05) is 56.0 Å². The third kappa shape index (κ3) is 21.7. The number of nitrogens with zero attached hydrogens (tertiary/aromatic N) is 8. The van der Waals surface area contributed by atoms with Crippen LogP contribution in [-0.4, -0.2) is 89.9 Å². The molecule has 68 heavy (non-hydrogen) atoms. The van der Waals surface area contributed by atoms with Gasteiger partial charge in [-0.05, 0) is 37.6 Å². The number of non-ortho nitro benzene ring substituents is 2. The van der Waals surface area contributed by atoms with Crippen LogP contribution in [0.1, 0.15) is 19.4 Å². The summed E-state index contributed by atoms with van der Waals surface area (Å²) < 4.78 is 20.5. The van der Waals surface area contributed by atoms with E-state index >= 15 is 0 Å². The summed E-state index contributed by atoms with van der Waals surface area (Å²) in [4.78, 5) is 79.0. The van der Waals surface area contributed by atoms with Gasteiger partial charge < -0.3 is 20.5 Å². The van der Waals surface area contributed by atoms with E-state index in [-0.39, 0.29) is 101 Å². The number of nitro benzene ring substituents is 8. The van der Waals surface area contributed by atoms with Gasteiger partial charge in [0.05, 0.1) is 78.6 Å². The Balaban J connectivity index is 0. The molecule has 364 valence electrons. The molecule has 0 aliphatic carbocycles. The second-order valence-corrected chi connectivity index (χ2v) is 12.2. The van der Waals surface area contributed by atoms with Gasteiger partial charge in [0.2, 0.25) is 0 Å². The number of rotatable bonds is 17. The number of aliphatic hydroxyl groups excluding tert-OH is 1. The predicted octanol–water partition coefficient (Wildman–Crippen LogP) is 7.95. The van der Waals surface area contributed by atoms with Crippen molar-refractivity contribution in [3.63, 3.8) is 0 Å². The molecule has 0 spiro atoms. The minimum absolute atomic E-state index is 0.0810. The molecule has 4 rings (SSSR count). The van der Waals surface area contributed by atoms with E-state index in [1.165, 1.54) is 61.5 Å². The molecule has 0 heterocycles. The van der Waals surface area contributed by atoms with Crippen LogP contribution in [0.25, 0.3) is 0 Å². The Bertz CT molecular complexity index is 2450. The molecule has 0 unspecified atom stereocenters. The van der Waals surface area contributed by atoms with E-state index in [2.05, 4.69) is 38.4 Å². The zero-order valence-corrected chi connectivity index (χ0v) is 37.0. The highest BCUT2D eigenvalue weighted by atomic mass is 79.9. The second kappa shape index (κ2) is 33.6. The minimum atomic E-state index is -1.00. The fourth-order valence-corrected chi connectivity index (χ4v) is 4.72. The molecule has 0 radical (unpaired) electrons. The maximum Gasteiger partial charge on any atom is 0.299 e. The number of nitrogens with one attached hydrogen (secondary N) is 2. The fourth-order valence-electron chi connectivity index (χ4n) is 4.72. The van der Waals surface area contributed by atoms with Crippen molar-refractivity contribution in [2.45, 2.75) is 20.3 Å². The number of alkyl halides is 2. The molecule has 28 nitrogen and oxygen atoms in total. The average molecular weight is 1020 g/mol. The van der Waals surface area contributed by atoms with E-state index in [1.54, 1.807) is 6.92 Å². The number of terminal acetylenes is 2. The molecule has 0 atom stereocenters. The van der Waals surface area contributed by atoms with Crippen LogP contribution < -0.4 is 10.6 Å². The van der Waals surface area contributed by atoms with Gasteiger partial charge in [0, 0.05) is 49.5 Å². The highest BCUT2D eigenvalue weighted by molar-refractivity contribution is 9.09. The molecule has 0 fully saturated rings. The highest BCUT2D eigenvalue weighted by Gasteiger charge is 2.23. The van der Waals surface area contributed by atoms with E-state index in [0.717, 1.165) is 18.2 Å². The van der Waals surface area contributed by atoms with Crippen LogP contribution >= 0.6 is 15.9 Å². The second-order valence-electron chi connectivity index (χ2n) is 11.7. The van der Waals surface area contributed by atoms with E-state index in [9.17, 15) is 85.3 Å². The Kier molecular flexibility index (Phi) is 29.2. The quantitative estimate of drug-likeness (QED) is 0.0297. The van der Waals surface area contributed by atoms with Crippen molar-refractivity contribution in [3.8, 4) is 24.7 Å². The summed E-state index contributed by atoms with van der Waals surface area (Å²) in [6.07, 6.45) is 9.98. The van der Waals surface area contributed by atoms with Crippen molar-refractivity contribution >= 4 is 72.8 Å². The molecule has 0 aliphatic rings. The number of hydrogen-bond donors (Lipinski definition) is 3. The van der Waals surface area contributed by atoms with Gasteiger partial charge in [-0.3, -0.25) is 85.3 Å². The summed E-state index contributed by atoms with van der Waals surface area (Å²) in [6.45, 7) is 3.70. The van der Waals surface area contributed by atoms with Crippen LogP contribution in [-0.2, 0) is 11.2 Å². The molecule has 3 N–H and O–H groups in total. The Morgan fingerprint density at radius 3 is 1.28 bits per heavy atom. The Labute approximate surface area is 392 Å². The van der Waals surface area contributed by atoms with Crippen LogP contribution in [0.5, 0.6) is 0 Å². The first-order valence-corrected chi connectivity index (χ1v) is 19.3. The van der Waals surface area contributed by atoms with Gasteiger partial charge in [-0.25, -0.2) is 0 Å². The molecule has 4 aromatic rings. The van der Waals surface area contributed by atoms with E-state index in [4.69, 9.17) is 24.1 Å². The molecular formula is C38H40BrFN10O18. The van der Waals surface area contributed by atoms with Gasteiger partial charge in [0.15, 0.2) is 0 Å². The van der Waals surface area contributed by atoms with Crippen molar-refractivity contribution in [1.82, 2.24) is 0 Å². The zero-order valence-electron chi connectivity index (χ0n) is 36.5. The average Bonchev–Trinajstić information content (AvgIpc) is 3.31. The number of aliphatic hydroxyl groups is 1. The Hall–Kier alpha value is -8.87.